The van der Waals surface area contributed by atoms with Gasteiger partial charge in [-0.05, 0) is 34.8 Å². The Morgan fingerprint density at radius 2 is 1.27 bits per heavy atom. The predicted molar refractivity (Wildman–Crippen MR) is 55.9 cm³/mol. The van der Waals surface area contributed by atoms with Crippen molar-refractivity contribution < 1.29 is 0 Å². The molecule has 15 heavy (non-hydrogen) atoms. The first-order valence-corrected chi connectivity index (χ1v) is 4.83. The van der Waals surface area contributed by atoms with Gasteiger partial charge in [0.25, 0.3) is 0 Å². The Morgan fingerprint density at radius 1 is 0.733 bits per heavy atom. The summed E-state index contributed by atoms with van der Waals surface area (Å²) in [6, 6.07) is 0. The first-order valence-electron chi connectivity index (χ1n) is 3.70. The highest BCUT2D eigenvalue weighted by molar-refractivity contribution is 6.31. The van der Waals surface area contributed by atoms with Crippen LogP contribution >= 0.6 is 34.8 Å². The molecule has 76 valence electrons. The lowest BCUT2D eigenvalue weighted by atomic mass is 10.3. The molecular formula is C7H2Cl3N5. The number of halogens is 3. The molecule has 2 aromatic heterocycles. The summed E-state index contributed by atoms with van der Waals surface area (Å²) in [6.45, 7) is 0. The third kappa shape index (κ3) is 2.50. The van der Waals surface area contributed by atoms with Crippen molar-refractivity contribution in [2.75, 3.05) is 0 Å². The average molecular weight is 262 g/mol. The van der Waals surface area contributed by atoms with Crippen LogP contribution in [0.1, 0.15) is 0 Å². The Morgan fingerprint density at radius 3 is 1.80 bits per heavy atom. The molecule has 0 unspecified atom stereocenters. The molecule has 2 aromatic rings. The fourth-order valence-corrected chi connectivity index (χ4v) is 1.34. The fourth-order valence-electron chi connectivity index (χ4n) is 0.883. The van der Waals surface area contributed by atoms with Crippen molar-refractivity contribution in [2.45, 2.75) is 0 Å². The smallest absolute Gasteiger partial charge is 0.226 e. The van der Waals surface area contributed by atoms with E-state index in [1.807, 2.05) is 0 Å². The summed E-state index contributed by atoms with van der Waals surface area (Å²) in [4.78, 5) is 18.9. The largest absolute Gasteiger partial charge is 0.227 e. The lowest BCUT2D eigenvalue weighted by molar-refractivity contribution is 1.04. The lowest BCUT2D eigenvalue weighted by Crippen LogP contribution is -1.94. The molecule has 0 amide bonds. The van der Waals surface area contributed by atoms with E-state index in [2.05, 4.69) is 24.9 Å². The minimum Gasteiger partial charge on any atom is -0.226 e. The summed E-state index contributed by atoms with van der Waals surface area (Å²) >= 11 is 16.8. The van der Waals surface area contributed by atoms with Gasteiger partial charge >= 0.3 is 0 Å². The molecule has 0 aromatic carbocycles. The first kappa shape index (κ1) is 10.5. The third-order valence-corrected chi connectivity index (χ3v) is 1.99. The molecule has 0 aliphatic carbocycles. The zero-order valence-corrected chi connectivity index (χ0v) is 9.29. The Labute approximate surface area is 99.5 Å². The van der Waals surface area contributed by atoms with Crippen LogP contribution in [0.25, 0.3) is 11.4 Å². The van der Waals surface area contributed by atoms with Crippen LogP contribution in [-0.2, 0) is 0 Å². The Kier molecular flexibility index (Phi) is 2.95. The van der Waals surface area contributed by atoms with E-state index < -0.39 is 0 Å². The number of rotatable bonds is 1. The van der Waals surface area contributed by atoms with Crippen LogP contribution in [0.5, 0.6) is 0 Å². The van der Waals surface area contributed by atoms with Crippen LogP contribution in [0.4, 0.5) is 0 Å². The minimum absolute atomic E-state index is 0.0138. The summed E-state index contributed by atoms with van der Waals surface area (Å²) < 4.78 is 0. The van der Waals surface area contributed by atoms with E-state index in [1.54, 1.807) is 0 Å². The van der Waals surface area contributed by atoms with Gasteiger partial charge < -0.3 is 0 Å². The van der Waals surface area contributed by atoms with Crippen molar-refractivity contribution in [3.63, 3.8) is 0 Å². The van der Waals surface area contributed by atoms with Gasteiger partial charge in [-0.25, -0.2) is 9.97 Å². The Balaban J connectivity index is 2.49. The summed E-state index contributed by atoms with van der Waals surface area (Å²) in [7, 11) is 0. The van der Waals surface area contributed by atoms with Gasteiger partial charge in [0.05, 0.1) is 5.56 Å². The van der Waals surface area contributed by atoms with Crippen LogP contribution in [0.2, 0.25) is 15.9 Å². The van der Waals surface area contributed by atoms with Gasteiger partial charge in [0, 0.05) is 12.4 Å². The van der Waals surface area contributed by atoms with Crippen molar-refractivity contribution >= 4 is 34.8 Å². The molecule has 0 spiro atoms. The topological polar surface area (TPSA) is 64.5 Å². The van der Waals surface area contributed by atoms with Crippen LogP contribution < -0.4 is 0 Å². The van der Waals surface area contributed by atoms with E-state index in [-0.39, 0.29) is 15.9 Å². The van der Waals surface area contributed by atoms with E-state index in [1.165, 1.54) is 12.4 Å². The van der Waals surface area contributed by atoms with E-state index in [0.29, 0.717) is 11.4 Å². The minimum atomic E-state index is 0.0138. The summed E-state index contributed by atoms with van der Waals surface area (Å²) in [6.07, 6.45) is 2.94. The fraction of sp³-hybridized carbons (Fsp3) is 0. The van der Waals surface area contributed by atoms with Crippen molar-refractivity contribution in [3.05, 3.63) is 28.2 Å². The van der Waals surface area contributed by atoms with Crippen LogP contribution in [0.3, 0.4) is 0 Å². The van der Waals surface area contributed by atoms with Gasteiger partial charge in [0.1, 0.15) is 0 Å². The second kappa shape index (κ2) is 4.22. The molecule has 0 fully saturated rings. The van der Waals surface area contributed by atoms with Gasteiger partial charge in [-0.1, -0.05) is 0 Å². The van der Waals surface area contributed by atoms with Gasteiger partial charge in [-0.2, -0.15) is 15.0 Å². The summed E-state index contributed by atoms with van der Waals surface area (Å²) in [5.74, 6) is 0.302. The van der Waals surface area contributed by atoms with Gasteiger partial charge in [0.15, 0.2) is 5.82 Å². The molecule has 2 rings (SSSR count). The normalized spacial score (nSPS) is 10.3. The molecule has 0 saturated carbocycles. The van der Waals surface area contributed by atoms with Crippen LogP contribution in [0, 0.1) is 0 Å². The van der Waals surface area contributed by atoms with Gasteiger partial charge in [0.2, 0.25) is 15.9 Å². The molecule has 0 aliphatic rings. The zero-order chi connectivity index (χ0) is 10.8. The molecule has 0 aliphatic heterocycles. The highest BCUT2D eigenvalue weighted by Gasteiger charge is 2.06. The summed E-state index contributed by atoms with van der Waals surface area (Å²) in [5.41, 5.74) is 0.561. The van der Waals surface area contributed by atoms with E-state index >= 15 is 0 Å². The molecule has 2 heterocycles. The van der Waals surface area contributed by atoms with Crippen molar-refractivity contribution in [2.24, 2.45) is 0 Å². The first-order chi connectivity index (χ1) is 7.15. The predicted octanol–water partition coefficient (Wildman–Crippen LogP) is 2.29. The van der Waals surface area contributed by atoms with Crippen molar-refractivity contribution in [1.29, 1.82) is 0 Å². The van der Waals surface area contributed by atoms with Gasteiger partial charge in [-0.15, -0.1) is 0 Å². The molecule has 0 atom stereocenters. The highest BCUT2D eigenvalue weighted by atomic mass is 35.5. The molecule has 0 saturated heterocycles. The van der Waals surface area contributed by atoms with E-state index in [4.69, 9.17) is 34.8 Å². The number of hydrogen-bond acceptors (Lipinski definition) is 5. The number of hydrogen-bond donors (Lipinski definition) is 0. The van der Waals surface area contributed by atoms with Gasteiger partial charge in [-0.3, -0.25) is 0 Å². The Hall–Kier alpha value is -1.04. The van der Waals surface area contributed by atoms with Crippen molar-refractivity contribution in [1.82, 2.24) is 24.9 Å². The zero-order valence-electron chi connectivity index (χ0n) is 7.02. The van der Waals surface area contributed by atoms with Crippen LogP contribution in [0.15, 0.2) is 12.4 Å². The maximum absolute atomic E-state index is 5.62. The van der Waals surface area contributed by atoms with E-state index in [9.17, 15) is 0 Å². The monoisotopic (exact) mass is 261 g/mol. The maximum Gasteiger partial charge on any atom is 0.227 e. The van der Waals surface area contributed by atoms with Crippen LogP contribution in [-0.4, -0.2) is 24.9 Å². The molecule has 0 radical (unpaired) electrons. The molecule has 5 nitrogen and oxygen atoms in total. The number of nitrogens with zero attached hydrogens (tertiary/aromatic N) is 5. The molecule has 0 N–H and O–H groups in total. The Bertz CT molecular complexity index is 466. The quantitative estimate of drug-likeness (QED) is 0.738. The maximum atomic E-state index is 5.62. The molecule has 8 heteroatoms. The molecule has 0 bridgehead atoms. The van der Waals surface area contributed by atoms with Crippen molar-refractivity contribution in [3.8, 4) is 11.4 Å². The third-order valence-electron chi connectivity index (χ3n) is 1.46. The summed E-state index contributed by atoms with van der Waals surface area (Å²) in [5, 5.41) is 0.171. The lowest BCUT2D eigenvalue weighted by Gasteiger charge is -1.99. The second-order valence-electron chi connectivity index (χ2n) is 2.44. The SMILES string of the molecule is Clc1ncc(-c2nc(Cl)nc(Cl)n2)cn1. The standard InChI is InChI=1S/C7H2Cl3N5/c8-5-11-1-3(2-12-5)4-13-6(9)15-7(10)14-4/h1-2H. The van der Waals surface area contributed by atoms with E-state index in [0.717, 1.165) is 0 Å². The number of aromatic nitrogens is 5. The highest BCUT2D eigenvalue weighted by Crippen LogP contribution is 2.16. The average Bonchev–Trinajstić information content (AvgIpc) is 2.17. The second-order valence-corrected chi connectivity index (χ2v) is 3.45. The molecular weight excluding hydrogens is 260 g/mol.